The molecular formula is C33H44N4O5SU. The second kappa shape index (κ2) is 15.5. The van der Waals surface area contributed by atoms with E-state index in [0.717, 1.165) is 36.0 Å². The monoisotopic (exact) mass is 846 g/mol. The molecule has 1 saturated carbocycles. The van der Waals surface area contributed by atoms with Crippen molar-refractivity contribution in [3.8, 4) is 17.1 Å². The Kier molecular flexibility index (Phi) is 13.2. The first kappa shape index (κ1) is 37.4. The predicted octanol–water partition coefficient (Wildman–Crippen LogP) is 6.57. The van der Waals surface area contributed by atoms with E-state index in [-0.39, 0.29) is 86.7 Å². The molecule has 5 rings (SSSR count). The Bertz CT molecular complexity index is 1560. The van der Waals surface area contributed by atoms with Crippen LogP contribution in [0.5, 0.6) is 5.88 Å². The first-order chi connectivity index (χ1) is 19.8. The van der Waals surface area contributed by atoms with Crippen LogP contribution in [0.1, 0.15) is 76.3 Å². The number of anilines is 1. The van der Waals surface area contributed by atoms with Crippen molar-refractivity contribution in [3.05, 3.63) is 72.6 Å². The van der Waals surface area contributed by atoms with Gasteiger partial charge in [0.25, 0.3) is 15.9 Å². The fourth-order valence-corrected chi connectivity index (χ4v) is 6.43. The van der Waals surface area contributed by atoms with Crippen LogP contribution in [0.3, 0.4) is 0 Å². The molecule has 0 radical (unpaired) electrons. The number of carbonyl (C=O) groups is 1. The number of carbonyl (C=O) groups excluding carboxylic acids is 2. The number of benzene rings is 2. The van der Waals surface area contributed by atoms with E-state index < -0.39 is 10.0 Å². The number of amides is 1. The molecule has 11 heteroatoms. The number of nitrogens with one attached hydrogen (secondary N) is 1. The van der Waals surface area contributed by atoms with Gasteiger partial charge >= 0.3 is 31.1 Å². The van der Waals surface area contributed by atoms with Crippen molar-refractivity contribution in [2.75, 3.05) is 11.3 Å². The maximum atomic E-state index is 14.0. The van der Waals surface area contributed by atoms with E-state index in [0.29, 0.717) is 17.7 Å². The van der Waals surface area contributed by atoms with E-state index in [1.807, 2.05) is 36.9 Å². The Morgan fingerprint density at radius 1 is 1.07 bits per heavy atom. The number of ether oxygens (including phenoxy) is 1. The number of nitrogens with zero attached hydrogens (tertiary/aromatic N) is 3. The third kappa shape index (κ3) is 8.92. The fourth-order valence-electron chi connectivity index (χ4n) is 5.44. The van der Waals surface area contributed by atoms with Gasteiger partial charge in [-0.1, -0.05) is 45.0 Å². The second-order valence-corrected chi connectivity index (χ2v) is 13.7. The molecule has 3 aromatic rings. The summed E-state index contributed by atoms with van der Waals surface area (Å²) in [7, 11) is -4.07. The molecule has 1 aliphatic carbocycles. The number of fused-ring (bicyclic) bond motifs is 4. The average molecular weight is 847 g/mol. The van der Waals surface area contributed by atoms with E-state index in [9.17, 15) is 13.2 Å². The Labute approximate surface area is 287 Å². The number of hydrogen-bond donors (Lipinski definition) is 1. The molecule has 2 aliphatic rings. The SMILES string of the molecule is C[C-]=O.Cc1cccc(C)c1-c1cc2nc(n1)NS(=O)(=O)c1cccc(c1)C(=O)N(C1CCC1)[C@H](CC(C)(C)C)CO2.[CH3-].[HH].[U+2]. The summed E-state index contributed by atoms with van der Waals surface area (Å²) < 4.78 is 35.7. The predicted molar refractivity (Wildman–Crippen MR) is 171 cm³/mol. The summed E-state index contributed by atoms with van der Waals surface area (Å²) in [5.74, 6) is -0.00144. The Hall–Kier alpha value is -2.74. The summed E-state index contributed by atoms with van der Waals surface area (Å²) in [6.45, 7) is 12.0. The van der Waals surface area contributed by atoms with Crippen LogP contribution in [0.25, 0.3) is 11.3 Å². The number of aryl methyl sites for hydroxylation is 2. The van der Waals surface area contributed by atoms with E-state index >= 15 is 0 Å². The van der Waals surface area contributed by atoms with Crippen molar-refractivity contribution < 1.29 is 55.3 Å². The van der Waals surface area contributed by atoms with E-state index in [4.69, 9.17) is 9.53 Å². The van der Waals surface area contributed by atoms with E-state index in [1.165, 1.54) is 25.3 Å². The smallest absolute Gasteiger partial charge is 0.542 e. The van der Waals surface area contributed by atoms with Gasteiger partial charge in [0.15, 0.2) is 0 Å². The molecule has 1 atom stereocenters. The molecule has 0 saturated heterocycles. The van der Waals surface area contributed by atoms with Crippen molar-refractivity contribution in [2.24, 2.45) is 5.41 Å². The molecule has 4 bridgehead atoms. The van der Waals surface area contributed by atoms with Crippen molar-refractivity contribution in [3.63, 3.8) is 0 Å². The number of rotatable bonds is 3. The van der Waals surface area contributed by atoms with Crippen molar-refractivity contribution >= 4 is 28.2 Å². The van der Waals surface area contributed by atoms with Crippen LogP contribution in [0.15, 0.2) is 53.4 Å². The van der Waals surface area contributed by atoms with Gasteiger partial charge in [-0.3, -0.25) is 11.1 Å². The fraction of sp³-hybridized carbons (Fsp3) is 0.424. The molecule has 44 heavy (non-hydrogen) atoms. The van der Waals surface area contributed by atoms with Gasteiger partial charge in [0.2, 0.25) is 11.8 Å². The summed E-state index contributed by atoms with van der Waals surface area (Å²) in [5, 5.41) is 0. The van der Waals surface area contributed by atoms with Crippen molar-refractivity contribution in [1.29, 1.82) is 0 Å². The van der Waals surface area contributed by atoms with E-state index in [1.54, 1.807) is 18.2 Å². The minimum atomic E-state index is -4.07. The standard InChI is InChI=1S/C30H36N4O4S.C2H3O.CH3.U.H2/c1-19-9-6-10-20(2)27(19)25-16-26-32-29(31-25)33-39(36,37)24-14-7-11-21(15-24)28(35)34(22-12-8-13-22)23(18-38-26)17-30(3,4)5;1-2-3;;;/h6-7,9-11,14-16,22-23H,8,12-13,17-18H2,1-5H3,(H,31,32,33);1H3;1H3;;1H/q;2*-1;+2;/t23-;;;;/m1..../s1. The van der Waals surface area contributed by atoms with Crippen LogP contribution in [0, 0.1) is 57.8 Å². The molecule has 2 heterocycles. The summed E-state index contributed by atoms with van der Waals surface area (Å²) >= 11 is 0. The molecular weight excluding hydrogens is 802 g/mol. The van der Waals surface area contributed by atoms with Gasteiger partial charge < -0.3 is 21.9 Å². The third-order valence-electron chi connectivity index (χ3n) is 7.42. The van der Waals surface area contributed by atoms with Gasteiger partial charge in [-0.15, -0.1) is 0 Å². The minimum absolute atomic E-state index is 0. The second-order valence-electron chi connectivity index (χ2n) is 12.0. The van der Waals surface area contributed by atoms with Crippen molar-refractivity contribution in [1.82, 2.24) is 14.9 Å². The molecule has 1 fully saturated rings. The zero-order chi connectivity index (χ0) is 30.7. The van der Waals surface area contributed by atoms with Gasteiger partial charge in [-0.05, 0) is 74.3 Å². The normalized spacial score (nSPS) is 17.6. The molecule has 1 N–H and O–H groups in total. The topological polar surface area (TPSA) is 119 Å². The number of hydrogen-bond acceptors (Lipinski definition) is 7. The average Bonchev–Trinajstić information content (AvgIpc) is 2.87. The Morgan fingerprint density at radius 2 is 1.68 bits per heavy atom. The summed E-state index contributed by atoms with van der Waals surface area (Å²) in [6, 6.07) is 13.8. The van der Waals surface area contributed by atoms with Gasteiger partial charge in [0.05, 0.1) is 16.6 Å². The number of sulfonamides is 1. The Balaban J connectivity index is 0.00000162. The summed E-state index contributed by atoms with van der Waals surface area (Å²) in [5.41, 5.74) is 3.74. The first-order valence-corrected chi connectivity index (χ1v) is 15.6. The zero-order valence-corrected chi connectivity index (χ0v) is 31.6. The molecule has 0 spiro atoms. The molecule has 0 unspecified atom stereocenters. The van der Waals surface area contributed by atoms with Gasteiger partial charge in [-0.25, -0.2) is 18.1 Å². The van der Waals surface area contributed by atoms with Crippen LogP contribution >= 0.6 is 0 Å². The largest absolute Gasteiger partial charge is 2.00 e. The molecule has 1 amide bonds. The maximum Gasteiger partial charge on any atom is 2.00 e. The molecule has 9 nitrogen and oxygen atoms in total. The minimum Gasteiger partial charge on any atom is -0.542 e. The van der Waals surface area contributed by atoms with Crippen LogP contribution in [0.2, 0.25) is 0 Å². The molecule has 1 aliphatic heterocycles. The Morgan fingerprint density at radius 3 is 2.25 bits per heavy atom. The van der Waals surface area contributed by atoms with Gasteiger partial charge in [-0.2, -0.15) is 11.9 Å². The van der Waals surface area contributed by atoms with Crippen LogP contribution in [-0.4, -0.2) is 54.2 Å². The molecule has 236 valence electrons. The third-order valence-corrected chi connectivity index (χ3v) is 8.75. The summed E-state index contributed by atoms with van der Waals surface area (Å²) in [4.78, 5) is 33.6. The molecule has 1 aromatic heterocycles. The quantitative estimate of drug-likeness (QED) is 0.297. The maximum absolute atomic E-state index is 14.0. The van der Waals surface area contributed by atoms with Gasteiger partial charge in [0.1, 0.15) is 6.61 Å². The first-order valence-electron chi connectivity index (χ1n) is 14.2. The molecule has 2 aromatic carbocycles. The van der Waals surface area contributed by atoms with Crippen LogP contribution < -0.4 is 9.46 Å². The van der Waals surface area contributed by atoms with Crippen molar-refractivity contribution in [2.45, 2.75) is 84.2 Å². The summed E-state index contributed by atoms with van der Waals surface area (Å²) in [6.07, 6.45) is 5.11. The number of aromatic nitrogens is 2. The van der Waals surface area contributed by atoms with Gasteiger partial charge in [0, 0.05) is 24.7 Å². The van der Waals surface area contributed by atoms with Crippen LogP contribution in [0.4, 0.5) is 5.95 Å². The van der Waals surface area contributed by atoms with Crippen LogP contribution in [-0.2, 0) is 14.8 Å². The zero-order valence-electron chi connectivity index (χ0n) is 26.6. The van der Waals surface area contributed by atoms with E-state index in [2.05, 4.69) is 35.5 Å².